The third kappa shape index (κ3) is 4.52. The number of carbonyl (C=O) groups excluding carboxylic acids is 1. The number of ketones is 1. The lowest BCUT2D eigenvalue weighted by molar-refractivity contribution is -0.117. The monoisotopic (exact) mass is 397 g/mol. The number of aryl methyl sites for hydroxylation is 2. The molecule has 8 nitrogen and oxygen atoms in total. The SMILES string of the molecule is CC(=O)CCCCCCn1c2nc(=O)[nH]c(=O)c-2nc2cc(C)c(N(C)C)cc21. The molecule has 0 spiro atoms. The van der Waals surface area contributed by atoms with Gasteiger partial charge in [0.1, 0.15) is 5.78 Å². The van der Waals surface area contributed by atoms with Gasteiger partial charge in [-0.05, 0) is 44.4 Å². The molecule has 2 aliphatic heterocycles. The van der Waals surface area contributed by atoms with Crippen LogP contribution in [0.3, 0.4) is 0 Å². The summed E-state index contributed by atoms with van der Waals surface area (Å²) in [6.07, 6.45) is 4.25. The van der Waals surface area contributed by atoms with E-state index in [2.05, 4.69) is 15.0 Å². The second kappa shape index (κ2) is 8.55. The fourth-order valence-corrected chi connectivity index (χ4v) is 3.64. The lowest BCUT2D eigenvalue weighted by Crippen LogP contribution is -2.29. The smallest absolute Gasteiger partial charge is 0.349 e. The highest BCUT2D eigenvalue weighted by atomic mass is 16.2. The molecule has 0 saturated carbocycles. The number of anilines is 1. The van der Waals surface area contributed by atoms with Gasteiger partial charge in [-0.2, -0.15) is 4.98 Å². The molecule has 2 heterocycles. The zero-order valence-electron chi connectivity index (χ0n) is 17.4. The first kappa shape index (κ1) is 20.7. The summed E-state index contributed by atoms with van der Waals surface area (Å²) >= 11 is 0. The van der Waals surface area contributed by atoms with E-state index in [-0.39, 0.29) is 11.5 Å². The van der Waals surface area contributed by atoms with Gasteiger partial charge in [0.05, 0.1) is 11.0 Å². The van der Waals surface area contributed by atoms with Crippen molar-refractivity contribution in [3.05, 3.63) is 38.5 Å². The predicted octanol–water partition coefficient (Wildman–Crippen LogP) is 2.50. The van der Waals surface area contributed by atoms with Crippen LogP contribution in [0, 0.1) is 6.92 Å². The zero-order chi connectivity index (χ0) is 21.1. The maximum Gasteiger partial charge on any atom is 0.349 e. The molecule has 1 N–H and O–H groups in total. The van der Waals surface area contributed by atoms with Crippen molar-refractivity contribution in [3.8, 4) is 11.5 Å². The molecule has 1 aromatic carbocycles. The van der Waals surface area contributed by atoms with Crippen molar-refractivity contribution in [2.45, 2.75) is 52.5 Å². The molecule has 0 bridgehead atoms. The van der Waals surface area contributed by atoms with Crippen LogP contribution in [0.4, 0.5) is 5.69 Å². The lowest BCUT2D eigenvalue weighted by atomic mass is 10.1. The van der Waals surface area contributed by atoms with Gasteiger partial charge in [0, 0.05) is 32.7 Å². The average molecular weight is 397 g/mol. The standard InChI is InChI=1S/C21H27N5O3/c1-13-11-15-17(12-16(13)25(3)4)26(10-8-6-5-7-9-14(2)27)19-18(22-15)20(28)24-21(29)23-19/h11-12H,5-10H2,1-4H3,(H,24,28,29). The number of hydrogen-bond acceptors (Lipinski definition) is 6. The van der Waals surface area contributed by atoms with Crippen LogP contribution in [0.15, 0.2) is 21.7 Å². The lowest BCUT2D eigenvalue weighted by Gasteiger charge is -2.21. The molecule has 0 saturated heterocycles. The van der Waals surface area contributed by atoms with E-state index in [0.29, 0.717) is 24.3 Å². The number of nitrogens with zero attached hydrogens (tertiary/aromatic N) is 4. The molecule has 3 rings (SSSR count). The third-order valence-electron chi connectivity index (χ3n) is 5.07. The van der Waals surface area contributed by atoms with Gasteiger partial charge in [0.15, 0.2) is 11.5 Å². The number of nitrogens with one attached hydrogen (secondary N) is 1. The number of Topliss-reactive ketones (excluding diaryl/α,β-unsaturated/α-hetero) is 1. The largest absolute Gasteiger partial charge is 0.377 e. The molecule has 2 aliphatic rings. The average Bonchev–Trinajstić information content (AvgIpc) is 2.63. The summed E-state index contributed by atoms with van der Waals surface area (Å²) in [4.78, 5) is 48.0. The highest BCUT2D eigenvalue weighted by Gasteiger charge is 2.19. The molecule has 0 aromatic heterocycles. The molecule has 1 aromatic rings. The van der Waals surface area contributed by atoms with E-state index in [4.69, 9.17) is 0 Å². The molecule has 154 valence electrons. The van der Waals surface area contributed by atoms with Crippen molar-refractivity contribution in [3.63, 3.8) is 0 Å². The topological polar surface area (TPSA) is 101 Å². The van der Waals surface area contributed by atoms with Crippen molar-refractivity contribution in [1.82, 2.24) is 19.5 Å². The van der Waals surface area contributed by atoms with E-state index in [1.54, 1.807) is 6.92 Å². The first-order valence-electron chi connectivity index (χ1n) is 9.90. The maximum absolute atomic E-state index is 12.3. The minimum atomic E-state index is -0.668. The molecule has 0 atom stereocenters. The van der Waals surface area contributed by atoms with Gasteiger partial charge in [0.2, 0.25) is 0 Å². The maximum atomic E-state index is 12.3. The van der Waals surface area contributed by atoms with Crippen LogP contribution in [0.5, 0.6) is 0 Å². The Morgan fingerprint density at radius 1 is 1.10 bits per heavy atom. The molecular weight excluding hydrogens is 370 g/mol. The Labute approximate surface area is 168 Å². The van der Waals surface area contributed by atoms with Crippen molar-refractivity contribution >= 4 is 22.5 Å². The first-order chi connectivity index (χ1) is 13.8. The Bertz CT molecular complexity index is 1130. The molecule has 0 fully saturated rings. The van der Waals surface area contributed by atoms with Crippen molar-refractivity contribution in [2.75, 3.05) is 19.0 Å². The summed E-state index contributed by atoms with van der Waals surface area (Å²) in [6.45, 7) is 4.23. The van der Waals surface area contributed by atoms with Crippen molar-refractivity contribution < 1.29 is 4.79 Å². The fraction of sp³-hybridized carbons (Fsp3) is 0.476. The fourth-order valence-electron chi connectivity index (χ4n) is 3.64. The van der Waals surface area contributed by atoms with Gasteiger partial charge in [-0.15, -0.1) is 0 Å². The van der Waals surface area contributed by atoms with E-state index >= 15 is 0 Å². The number of H-pyrrole nitrogens is 1. The molecule has 0 unspecified atom stereocenters. The summed E-state index contributed by atoms with van der Waals surface area (Å²) in [5.74, 6) is 0.520. The number of fused-ring (bicyclic) bond motifs is 2. The second-order valence-electron chi connectivity index (χ2n) is 7.69. The van der Waals surface area contributed by atoms with E-state index in [9.17, 15) is 14.4 Å². The number of carbonyl (C=O) groups is 1. The van der Waals surface area contributed by atoms with Gasteiger partial charge < -0.3 is 14.3 Å². The Balaban J connectivity index is 2.05. The quantitative estimate of drug-likeness (QED) is 0.463. The van der Waals surface area contributed by atoms with Crippen LogP contribution in [-0.2, 0) is 11.3 Å². The predicted molar refractivity (Wildman–Crippen MR) is 114 cm³/mol. The van der Waals surface area contributed by atoms with Crippen LogP contribution in [0.1, 0.15) is 44.6 Å². The summed E-state index contributed by atoms with van der Waals surface area (Å²) < 4.78 is 1.92. The molecule has 29 heavy (non-hydrogen) atoms. The van der Waals surface area contributed by atoms with Gasteiger partial charge in [-0.1, -0.05) is 12.8 Å². The van der Waals surface area contributed by atoms with Crippen LogP contribution in [0.2, 0.25) is 0 Å². The van der Waals surface area contributed by atoms with Crippen molar-refractivity contribution in [1.29, 1.82) is 0 Å². The van der Waals surface area contributed by atoms with Gasteiger partial charge >= 0.3 is 5.69 Å². The zero-order valence-corrected chi connectivity index (χ0v) is 17.4. The second-order valence-corrected chi connectivity index (χ2v) is 7.69. The minimum Gasteiger partial charge on any atom is -0.377 e. The van der Waals surface area contributed by atoms with Crippen LogP contribution < -0.4 is 16.1 Å². The summed E-state index contributed by atoms with van der Waals surface area (Å²) in [5, 5.41) is 0. The van der Waals surface area contributed by atoms with E-state index < -0.39 is 11.2 Å². The number of aromatic nitrogens is 4. The number of benzene rings is 1. The van der Waals surface area contributed by atoms with E-state index in [1.807, 2.05) is 42.6 Å². The number of hydrogen-bond donors (Lipinski definition) is 1. The Morgan fingerprint density at radius 2 is 1.83 bits per heavy atom. The normalized spacial score (nSPS) is 11.3. The van der Waals surface area contributed by atoms with Crippen LogP contribution in [0.25, 0.3) is 22.6 Å². The summed E-state index contributed by atoms with van der Waals surface area (Å²) in [6, 6.07) is 3.98. The van der Waals surface area contributed by atoms with E-state index in [1.165, 1.54) is 0 Å². The number of aromatic amines is 1. The van der Waals surface area contributed by atoms with Crippen LogP contribution >= 0.6 is 0 Å². The molecule has 8 heteroatoms. The Morgan fingerprint density at radius 3 is 2.52 bits per heavy atom. The third-order valence-corrected chi connectivity index (χ3v) is 5.07. The van der Waals surface area contributed by atoms with Crippen LogP contribution in [-0.4, -0.2) is 39.4 Å². The van der Waals surface area contributed by atoms with Gasteiger partial charge in [-0.3, -0.25) is 9.78 Å². The molecule has 0 amide bonds. The minimum absolute atomic E-state index is 0.172. The first-order valence-corrected chi connectivity index (χ1v) is 9.90. The van der Waals surface area contributed by atoms with Gasteiger partial charge in [0.25, 0.3) is 5.56 Å². The highest BCUT2D eigenvalue weighted by molar-refractivity contribution is 5.84. The summed E-state index contributed by atoms with van der Waals surface area (Å²) in [5.41, 5.74) is 2.61. The number of unbranched alkanes of at least 4 members (excludes halogenated alkanes) is 3. The molecule has 0 aliphatic carbocycles. The molecule has 0 radical (unpaired) electrons. The summed E-state index contributed by atoms with van der Waals surface area (Å²) in [7, 11) is 3.95. The van der Waals surface area contributed by atoms with Crippen molar-refractivity contribution in [2.24, 2.45) is 0 Å². The molecular formula is C21H27N5O3. The number of rotatable bonds is 8. The van der Waals surface area contributed by atoms with Gasteiger partial charge in [-0.25, -0.2) is 9.78 Å². The Hall–Kier alpha value is -3.03. The Kier molecular flexibility index (Phi) is 6.10. The highest BCUT2D eigenvalue weighted by Crippen LogP contribution is 2.28. The van der Waals surface area contributed by atoms with E-state index in [0.717, 1.165) is 42.5 Å².